The third-order valence-electron chi connectivity index (χ3n) is 17.3. The molecule has 0 aromatic heterocycles. The second-order valence-corrected chi connectivity index (χ2v) is 32.7. The molecule has 6 N–H and O–H groups in total. The van der Waals surface area contributed by atoms with Crippen LogP contribution in [0.5, 0.6) is 0 Å². The molecule has 4 fully saturated rings. The number of esters is 5. The van der Waals surface area contributed by atoms with Crippen LogP contribution in [0.3, 0.4) is 0 Å². The van der Waals surface area contributed by atoms with E-state index >= 15 is 0 Å². The van der Waals surface area contributed by atoms with E-state index in [1.165, 1.54) is 24.9 Å². The van der Waals surface area contributed by atoms with Gasteiger partial charge in [-0.05, 0) is 37.0 Å². The molecule has 5 rings (SSSR count). The number of carbonyl (C=O) groups excluding carboxylic acids is 12. The Kier molecular flexibility index (Phi) is 28.5. The molecule has 2 unspecified atom stereocenters. The molecule has 25 heteroatoms. The van der Waals surface area contributed by atoms with Crippen molar-refractivity contribution in [2.45, 2.75) is 272 Å². The Morgan fingerprint density at radius 3 is 0.854 bits per heavy atom. The van der Waals surface area contributed by atoms with Gasteiger partial charge in [-0.15, -0.1) is 0 Å². The van der Waals surface area contributed by atoms with E-state index in [0.29, 0.717) is 0 Å². The molecule has 3 saturated carbocycles. The van der Waals surface area contributed by atoms with Gasteiger partial charge in [0.2, 0.25) is 0 Å². The van der Waals surface area contributed by atoms with E-state index in [1.807, 2.05) is 0 Å². The summed E-state index contributed by atoms with van der Waals surface area (Å²) in [5.74, 6) is -13.4. The van der Waals surface area contributed by atoms with Crippen molar-refractivity contribution in [3.05, 3.63) is 4.08 Å². The summed E-state index contributed by atoms with van der Waals surface area (Å²) in [5, 5.41) is 13.3. The van der Waals surface area contributed by atoms with Crippen LogP contribution in [-0.4, -0.2) is 140 Å². The molecule has 1 spiro atoms. The zero-order valence-corrected chi connectivity index (χ0v) is 56.7. The van der Waals surface area contributed by atoms with E-state index in [9.17, 15) is 57.5 Å². The summed E-state index contributed by atoms with van der Waals surface area (Å²) < 4.78 is 40.9. The molecule has 5 aliphatic rings. The van der Waals surface area contributed by atoms with E-state index < -0.39 is 184 Å². The first-order chi connectivity index (χ1) is 41.9. The van der Waals surface area contributed by atoms with Gasteiger partial charge in [0.05, 0.1) is 0 Å². The number of nitrogens with one attached hydrogen (secondary N) is 6. The van der Waals surface area contributed by atoms with E-state index in [0.717, 1.165) is 96.3 Å². The fraction of sp³-hybridized carbons (Fsp3) is 0.781. The van der Waals surface area contributed by atoms with Crippen molar-refractivity contribution >= 4 is 91.2 Å². The van der Waals surface area contributed by atoms with Gasteiger partial charge in [-0.3, -0.25) is 9.59 Å². The predicted octanol–water partition coefficient (Wildman–Crippen LogP) is 6.74. The van der Waals surface area contributed by atoms with Crippen LogP contribution in [0.1, 0.15) is 206 Å². The number of cyclic esters (lactones) is 6. The van der Waals surface area contributed by atoms with Gasteiger partial charge in [-0.2, -0.15) is 0 Å². The molecule has 12 atom stereocenters. The van der Waals surface area contributed by atoms with Crippen molar-refractivity contribution in [2.24, 2.45) is 47.3 Å². The van der Waals surface area contributed by atoms with Crippen molar-refractivity contribution in [2.75, 3.05) is 0 Å². The molecule has 2 aliphatic heterocycles. The molecule has 3 aliphatic carbocycles. The second kappa shape index (κ2) is 34.4. The summed E-state index contributed by atoms with van der Waals surface area (Å²) in [6, 6.07) is -6.86. The molecule has 1 saturated heterocycles. The molecule has 0 aromatic rings. The minimum atomic E-state index is -4.37. The molecular weight excluding hydrogens is 1270 g/mol. The van der Waals surface area contributed by atoms with Gasteiger partial charge in [0.15, 0.2) is 12.2 Å². The quantitative estimate of drug-likeness (QED) is 0.0410. The second-order valence-electron chi connectivity index (χ2n) is 26.6. The number of hydrogen-bond acceptors (Lipinski definition) is 18. The zero-order chi connectivity index (χ0) is 66.0. The number of hydrogen-bond donors (Lipinski definition) is 6. The van der Waals surface area contributed by atoms with Crippen LogP contribution in [0.25, 0.3) is 0 Å². The molecular formula is C64H101IN6O18. The molecule has 0 radical (unpaired) electrons. The van der Waals surface area contributed by atoms with Crippen LogP contribution < -0.4 is 30.1 Å². The minimum absolute atomic E-state index is 0.0334. The van der Waals surface area contributed by atoms with E-state index in [-0.39, 0.29) is 37.0 Å². The van der Waals surface area contributed by atoms with Crippen LogP contribution in [0, 0.1) is 47.3 Å². The van der Waals surface area contributed by atoms with Gasteiger partial charge >= 0.3 is 332 Å². The standard InChI is InChI=1S/C64H101IN6O18/c1-34(2)48-59(78)84-39(11)53(72)66-52(38(9)10)63(82)88-46(32-43-25-19-15-20-26-43)57(76)69-50(36(5)6)61(80)86-41(13)55(74)71-65(29-30-65)64(83)89-47(33-44-27-21-16-22-28-44)58(77)70-49(35(3)4)60(79)85-40(12)54(73)67-51(37(7)8)62(81)87-45(56(75)68-48)31-42-23-17-14-18-24-42/h29,34-52H,14-28,31-33H2,1-13H3,(H,66,72)(H,67,73)(H,68,75)(H,69,76)(H,70,77)(H,71,74)/t39-,40-,41-,45+,46?,47+,48+,49+,50+,51-,52-/m0/s1. The van der Waals surface area contributed by atoms with E-state index in [2.05, 4.69) is 33.8 Å². The molecule has 0 aromatic carbocycles. The van der Waals surface area contributed by atoms with Crippen LogP contribution in [-0.2, 0) is 81.2 Å². The normalized spacial score (nSPS) is 32.0. The average Bonchev–Trinajstić information content (AvgIpc) is 1.81. The first-order valence-corrected chi connectivity index (χ1v) is 36.8. The third-order valence-corrected chi connectivity index (χ3v) is 22.2. The summed E-state index contributed by atoms with van der Waals surface area (Å²) in [5.41, 5.74) is 0. The Bertz CT molecular complexity index is 2620. The predicted molar refractivity (Wildman–Crippen MR) is 336 cm³/mol. The van der Waals surface area contributed by atoms with Gasteiger partial charge in [0.1, 0.15) is 6.04 Å². The third kappa shape index (κ3) is 22.1. The van der Waals surface area contributed by atoms with Gasteiger partial charge in [-0.1, -0.05) is 92.9 Å². The van der Waals surface area contributed by atoms with Gasteiger partial charge in [0, 0.05) is 0 Å². The SMILES string of the molecule is CC(C)[C@@H]1NC(=O)[C@H](C)OC(=O)[C@@H](C(C)C)NC(=O)[C@@H](CC2CCCCC2)OC(=O)[C@H](C(C)C)NC(=O)[C@H](C)OC(=O)[C@@H](C(C)C)NC(=O)[C@@H](CC2CCCCC2)OC(=O)I2(=C=C2)NC(=O)[C@H](C)OC(=O)[C@@H](C(C)C)NC(=O)C(CC2CCCCC2)OC1=O. The van der Waals surface area contributed by atoms with Crippen molar-refractivity contribution in [1.29, 1.82) is 0 Å². The van der Waals surface area contributed by atoms with Gasteiger partial charge in [-0.25, -0.2) is 9.59 Å². The Morgan fingerprint density at radius 1 is 0.360 bits per heavy atom. The topological polar surface area (TPSA) is 332 Å². The number of amides is 6. The first kappa shape index (κ1) is 73.8. The number of carbonyl (C=O) groups is 12. The molecule has 2 heterocycles. The van der Waals surface area contributed by atoms with Crippen LogP contribution in [0.2, 0.25) is 0 Å². The van der Waals surface area contributed by atoms with Crippen LogP contribution in [0.15, 0.2) is 4.08 Å². The molecule has 502 valence electrons. The fourth-order valence-corrected chi connectivity index (χ4v) is 16.4. The summed E-state index contributed by atoms with van der Waals surface area (Å²) in [6.45, 7) is 20.2. The summed E-state index contributed by atoms with van der Waals surface area (Å²) in [6.07, 6.45) is 4.03. The van der Waals surface area contributed by atoms with Crippen molar-refractivity contribution in [3.63, 3.8) is 0 Å². The van der Waals surface area contributed by atoms with E-state index in [1.54, 1.807) is 69.2 Å². The number of rotatable bonds is 11. The summed E-state index contributed by atoms with van der Waals surface area (Å²) >= 11 is -4.37. The van der Waals surface area contributed by atoms with Crippen LogP contribution >= 0.6 is 18.2 Å². The Morgan fingerprint density at radius 2 is 0.596 bits per heavy atom. The number of ether oxygens (including phenoxy) is 6. The molecule has 0 bridgehead atoms. The Labute approximate surface area is 528 Å². The Balaban J connectivity index is 1.49. The molecule has 24 nitrogen and oxygen atoms in total. The zero-order valence-electron chi connectivity index (χ0n) is 54.5. The van der Waals surface area contributed by atoms with E-state index in [4.69, 9.17) is 28.4 Å². The van der Waals surface area contributed by atoms with Crippen molar-refractivity contribution < 1.29 is 86.0 Å². The van der Waals surface area contributed by atoms with Gasteiger partial charge < -0.3 is 20.1 Å². The molecule has 6 amide bonds. The number of halogens is 1. The van der Waals surface area contributed by atoms with Crippen LogP contribution in [0.4, 0.5) is 4.79 Å². The Hall–Kier alpha value is -5.98. The first-order valence-electron chi connectivity index (χ1n) is 32.4. The molecule has 89 heavy (non-hydrogen) atoms. The maximum atomic E-state index is 14.4. The maximum absolute atomic E-state index is 14.4. The summed E-state index contributed by atoms with van der Waals surface area (Å²) in [7, 11) is 0. The van der Waals surface area contributed by atoms with Crippen molar-refractivity contribution in [1.82, 2.24) is 30.1 Å². The monoisotopic (exact) mass is 1370 g/mol. The van der Waals surface area contributed by atoms with Crippen molar-refractivity contribution in [3.8, 4) is 0 Å². The summed E-state index contributed by atoms with van der Waals surface area (Å²) in [4.78, 5) is 170. The van der Waals surface area contributed by atoms with Gasteiger partial charge in [0.25, 0.3) is 11.8 Å². The average molecular weight is 1370 g/mol. The fourth-order valence-electron chi connectivity index (χ4n) is 11.5.